The van der Waals surface area contributed by atoms with Gasteiger partial charge in [0.05, 0.1) is 29.6 Å². The van der Waals surface area contributed by atoms with Crippen molar-refractivity contribution in [1.82, 2.24) is 34.2 Å². The van der Waals surface area contributed by atoms with Gasteiger partial charge in [0.1, 0.15) is 11.9 Å². The standard InChI is InChI=1S/C27H27F2N9O2/c1-40-22-4-5-36(17-22)27(39)35-8-6-34(7-9-35)24-3-2-18(12-31-24)23-10-19(21-14-33-38(16-21)26(28)29)15-37-25(23)20(11-30)13-32-37/h2-3,10,12-16,22,26H,4-9,17H2,1H3/t22-/m0/s1. The van der Waals surface area contributed by atoms with E-state index in [9.17, 15) is 18.8 Å². The van der Waals surface area contributed by atoms with Crippen LogP contribution in [0.3, 0.4) is 0 Å². The first-order valence-corrected chi connectivity index (χ1v) is 13.0. The summed E-state index contributed by atoms with van der Waals surface area (Å²) in [4.78, 5) is 23.5. The summed E-state index contributed by atoms with van der Waals surface area (Å²) in [6.45, 7) is 1.13. The van der Waals surface area contributed by atoms with E-state index in [4.69, 9.17) is 9.72 Å². The number of aromatic nitrogens is 5. The molecule has 2 aliphatic heterocycles. The van der Waals surface area contributed by atoms with Crippen molar-refractivity contribution in [3.05, 3.63) is 54.7 Å². The maximum absolute atomic E-state index is 13.1. The number of methoxy groups -OCH3 is 1. The Kier molecular flexibility index (Phi) is 6.77. The van der Waals surface area contributed by atoms with Crippen LogP contribution in [0, 0.1) is 11.3 Å². The molecular formula is C27H27F2N9O2. The van der Waals surface area contributed by atoms with Crippen molar-refractivity contribution >= 4 is 17.4 Å². The van der Waals surface area contributed by atoms with Crippen LogP contribution >= 0.6 is 0 Å². The van der Waals surface area contributed by atoms with Gasteiger partial charge in [-0.1, -0.05) is 0 Å². The third-order valence-electron chi connectivity index (χ3n) is 7.55. The molecule has 2 aliphatic rings. The van der Waals surface area contributed by atoms with Gasteiger partial charge in [-0.3, -0.25) is 0 Å². The Labute approximate surface area is 228 Å². The number of nitriles is 1. The Hall–Kier alpha value is -4.57. The first-order chi connectivity index (χ1) is 19.4. The minimum Gasteiger partial charge on any atom is -0.380 e. The van der Waals surface area contributed by atoms with Crippen molar-refractivity contribution in [2.45, 2.75) is 19.1 Å². The Balaban J connectivity index is 1.22. The Morgan fingerprint density at radius 1 is 1.02 bits per heavy atom. The molecule has 0 spiro atoms. The van der Waals surface area contributed by atoms with E-state index < -0.39 is 6.55 Å². The Morgan fingerprint density at radius 2 is 1.85 bits per heavy atom. The quantitative estimate of drug-likeness (QED) is 0.376. The second-order valence-corrected chi connectivity index (χ2v) is 9.85. The van der Waals surface area contributed by atoms with E-state index in [-0.39, 0.29) is 12.1 Å². The van der Waals surface area contributed by atoms with E-state index >= 15 is 0 Å². The summed E-state index contributed by atoms with van der Waals surface area (Å²) in [6, 6.07) is 7.89. The summed E-state index contributed by atoms with van der Waals surface area (Å²) in [5.74, 6) is 0.788. The summed E-state index contributed by atoms with van der Waals surface area (Å²) in [5, 5.41) is 17.7. The highest BCUT2D eigenvalue weighted by molar-refractivity contribution is 5.87. The fourth-order valence-electron chi connectivity index (χ4n) is 5.33. The number of likely N-dealkylation sites (tertiary alicyclic amines) is 1. The van der Waals surface area contributed by atoms with Crippen LogP contribution in [0.4, 0.5) is 19.4 Å². The predicted octanol–water partition coefficient (Wildman–Crippen LogP) is 3.49. The average Bonchev–Trinajstić information content (AvgIpc) is 3.76. The third-order valence-corrected chi connectivity index (χ3v) is 7.55. The SMILES string of the molecule is CO[C@H]1CCN(C(=O)N2CCN(c3ccc(-c4cc(-c5cnn(C(F)F)c5)cn5ncc(C#N)c45)cn3)CC2)C1. The number of carbonyl (C=O) groups is 1. The van der Waals surface area contributed by atoms with Crippen molar-refractivity contribution < 1.29 is 18.3 Å². The van der Waals surface area contributed by atoms with Crippen LogP contribution in [0.5, 0.6) is 0 Å². The topological polar surface area (TPSA) is 108 Å². The average molecular weight is 548 g/mol. The van der Waals surface area contributed by atoms with Gasteiger partial charge in [0.15, 0.2) is 0 Å². The van der Waals surface area contributed by atoms with Gasteiger partial charge in [-0.25, -0.2) is 19.0 Å². The van der Waals surface area contributed by atoms with Crippen LogP contribution in [-0.4, -0.2) is 92.7 Å². The molecule has 40 heavy (non-hydrogen) atoms. The zero-order valence-corrected chi connectivity index (χ0v) is 21.8. The van der Waals surface area contributed by atoms with Crippen LogP contribution in [0.25, 0.3) is 27.8 Å². The number of carbonyl (C=O) groups excluding carboxylic acids is 1. The molecule has 13 heteroatoms. The highest BCUT2D eigenvalue weighted by Crippen LogP contribution is 2.33. The molecule has 0 unspecified atom stereocenters. The second kappa shape index (κ2) is 10.5. The molecule has 6 heterocycles. The van der Waals surface area contributed by atoms with Crippen LogP contribution < -0.4 is 4.90 Å². The van der Waals surface area contributed by atoms with Gasteiger partial charge >= 0.3 is 12.6 Å². The lowest BCUT2D eigenvalue weighted by Gasteiger charge is -2.37. The van der Waals surface area contributed by atoms with Crippen LogP contribution in [0.15, 0.2) is 49.2 Å². The first-order valence-electron chi connectivity index (χ1n) is 13.0. The number of hydrogen-bond donors (Lipinski definition) is 0. The van der Waals surface area contributed by atoms with Gasteiger partial charge in [-0.15, -0.1) is 0 Å². The molecule has 0 bridgehead atoms. The van der Waals surface area contributed by atoms with Crippen molar-refractivity contribution in [3.63, 3.8) is 0 Å². The molecule has 0 radical (unpaired) electrons. The maximum atomic E-state index is 13.1. The predicted molar refractivity (Wildman–Crippen MR) is 142 cm³/mol. The number of fused-ring (bicyclic) bond motifs is 1. The number of rotatable bonds is 5. The van der Waals surface area contributed by atoms with E-state index in [0.29, 0.717) is 71.7 Å². The molecule has 4 aromatic heterocycles. The molecule has 2 saturated heterocycles. The van der Waals surface area contributed by atoms with Crippen LogP contribution in [-0.2, 0) is 4.74 Å². The molecule has 0 aliphatic carbocycles. The molecule has 6 rings (SSSR count). The lowest BCUT2D eigenvalue weighted by atomic mass is 10.0. The number of nitrogens with zero attached hydrogens (tertiary/aromatic N) is 9. The number of ether oxygens (including phenoxy) is 1. The molecule has 2 amide bonds. The number of pyridine rings is 2. The monoisotopic (exact) mass is 547 g/mol. The smallest absolute Gasteiger partial charge is 0.333 e. The van der Waals surface area contributed by atoms with Crippen molar-refractivity contribution in [3.8, 4) is 28.3 Å². The van der Waals surface area contributed by atoms with E-state index in [1.54, 1.807) is 24.0 Å². The zero-order valence-electron chi connectivity index (χ0n) is 21.8. The minimum absolute atomic E-state index is 0.0552. The minimum atomic E-state index is -2.74. The lowest BCUT2D eigenvalue weighted by molar-refractivity contribution is 0.0566. The number of anilines is 1. The number of hydrogen-bond acceptors (Lipinski definition) is 7. The number of piperazine rings is 1. The highest BCUT2D eigenvalue weighted by atomic mass is 19.3. The van der Waals surface area contributed by atoms with Crippen LogP contribution in [0.2, 0.25) is 0 Å². The summed E-state index contributed by atoms with van der Waals surface area (Å²) >= 11 is 0. The molecule has 1 atom stereocenters. The number of amides is 2. The van der Waals surface area contributed by atoms with Crippen molar-refractivity contribution in [1.29, 1.82) is 5.26 Å². The van der Waals surface area contributed by atoms with Gasteiger partial charge in [-0.2, -0.15) is 24.2 Å². The van der Waals surface area contributed by atoms with Gasteiger partial charge in [0.25, 0.3) is 0 Å². The summed E-state index contributed by atoms with van der Waals surface area (Å²) in [5.41, 5.74) is 3.58. The largest absolute Gasteiger partial charge is 0.380 e. The number of urea groups is 1. The van der Waals surface area contributed by atoms with Gasteiger partial charge in [-0.05, 0) is 24.6 Å². The van der Waals surface area contributed by atoms with Crippen molar-refractivity contribution in [2.75, 3.05) is 51.3 Å². The highest BCUT2D eigenvalue weighted by Gasteiger charge is 2.31. The van der Waals surface area contributed by atoms with E-state index in [0.717, 1.165) is 17.8 Å². The molecule has 0 N–H and O–H groups in total. The third kappa shape index (κ3) is 4.71. The van der Waals surface area contributed by atoms with Gasteiger partial charge in [0, 0.05) is 87.2 Å². The van der Waals surface area contributed by atoms with Gasteiger partial charge < -0.3 is 19.4 Å². The summed E-state index contributed by atoms with van der Waals surface area (Å²) in [6.07, 6.45) is 8.52. The molecule has 4 aromatic rings. The van der Waals surface area contributed by atoms with E-state index in [1.807, 2.05) is 28.0 Å². The maximum Gasteiger partial charge on any atom is 0.333 e. The Morgan fingerprint density at radius 3 is 2.50 bits per heavy atom. The lowest BCUT2D eigenvalue weighted by Crippen LogP contribution is -2.52. The fraction of sp³-hybridized carbons (Fsp3) is 0.370. The molecule has 206 valence electrons. The van der Waals surface area contributed by atoms with E-state index in [1.165, 1.54) is 18.6 Å². The molecule has 11 nitrogen and oxygen atoms in total. The number of halogens is 2. The zero-order chi connectivity index (χ0) is 27.8. The second-order valence-electron chi connectivity index (χ2n) is 9.85. The molecule has 2 fully saturated rings. The normalized spacial score (nSPS) is 17.7. The van der Waals surface area contributed by atoms with E-state index in [2.05, 4.69) is 21.2 Å². The summed E-state index contributed by atoms with van der Waals surface area (Å²) < 4.78 is 33.8. The number of alkyl halides is 2. The van der Waals surface area contributed by atoms with Crippen molar-refractivity contribution in [2.24, 2.45) is 0 Å². The first kappa shape index (κ1) is 25.7. The molecular weight excluding hydrogens is 520 g/mol. The molecule has 0 saturated carbocycles. The summed E-state index contributed by atoms with van der Waals surface area (Å²) in [7, 11) is 1.68. The fourth-order valence-corrected chi connectivity index (χ4v) is 5.33. The Bertz CT molecular complexity index is 1570. The van der Waals surface area contributed by atoms with Gasteiger partial charge in [0.2, 0.25) is 0 Å². The van der Waals surface area contributed by atoms with Crippen LogP contribution in [0.1, 0.15) is 18.5 Å². The molecule has 0 aromatic carbocycles.